The second-order valence-electron chi connectivity index (χ2n) is 6.65. The third-order valence-electron chi connectivity index (χ3n) is 3.81. The van der Waals surface area contributed by atoms with Crippen molar-refractivity contribution in [1.82, 2.24) is 20.7 Å². The number of nitrogens with one attached hydrogen (secondary N) is 2. The van der Waals surface area contributed by atoms with Crippen LogP contribution < -0.4 is 10.7 Å². The fourth-order valence-electron chi connectivity index (χ4n) is 2.35. The molecular weight excluding hydrogens is 374 g/mol. The number of carbonyl (C=O) groups is 1. The van der Waals surface area contributed by atoms with E-state index in [2.05, 4.69) is 32.4 Å². The number of benzene rings is 1. The SMILES string of the molecule is C=C(/C=N\NCc1nc(C(C)(C)O)co1)NC(=O)c1ncoc1-c1ccccc1. The summed E-state index contributed by atoms with van der Waals surface area (Å²) in [6.07, 6.45) is 3.95. The third kappa shape index (κ3) is 5.17. The van der Waals surface area contributed by atoms with Crippen molar-refractivity contribution in [3.8, 4) is 11.3 Å². The highest BCUT2D eigenvalue weighted by molar-refractivity contribution is 6.01. The standard InChI is InChI=1S/C20H21N5O4/c1-13(9-22-23-10-16-25-15(11-28-16)20(2,3)27)24-19(26)17-18(29-12-21-17)14-7-5-4-6-8-14/h4-9,11-12,23,27H,1,10H2,2-3H3,(H,24,26)/b22-9-. The molecule has 0 aliphatic heterocycles. The number of nitrogens with zero attached hydrogens (tertiary/aromatic N) is 3. The van der Waals surface area contributed by atoms with Crippen LogP contribution in [-0.2, 0) is 12.1 Å². The minimum Gasteiger partial charge on any atom is -0.447 e. The molecular formula is C20H21N5O4. The first kappa shape index (κ1) is 20.0. The van der Waals surface area contributed by atoms with E-state index in [0.29, 0.717) is 17.3 Å². The first-order valence-corrected chi connectivity index (χ1v) is 8.77. The molecule has 9 heteroatoms. The van der Waals surface area contributed by atoms with E-state index in [-0.39, 0.29) is 17.9 Å². The zero-order valence-electron chi connectivity index (χ0n) is 16.0. The predicted molar refractivity (Wildman–Crippen MR) is 106 cm³/mol. The first-order chi connectivity index (χ1) is 13.8. The van der Waals surface area contributed by atoms with E-state index in [4.69, 9.17) is 8.83 Å². The lowest BCUT2D eigenvalue weighted by molar-refractivity contribution is 0.0737. The third-order valence-corrected chi connectivity index (χ3v) is 3.81. The van der Waals surface area contributed by atoms with Crippen LogP contribution in [0.5, 0.6) is 0 Å². The minimum absolute atomic E-state index is 0.151. The van der Waals surface area contributed by atoms with Crippen molar-refractivity contribution >= 4 is 12.1 Å². The van der Waals surface area contributed by atoms with Crippen molar-refractivity contribution < 1.29 is 18.7 Å². The summed E-state index contributed by atoms with van der Waals surface area (Å²) < 4.78 is 10.6. The van der Waals surface area contributed by atoms with Crippen molar-refractivity contribution in [3.05, 3.63) is 72.5 Å². The van der Waals surface area contributed by atoms with Crippen molar-refractivity contribution in [2.24, 2.45) is 5.10 Å². The summed E-state index contributed by atoms with van der Waals surface area (Å²) in [7, 11) is 0. The summed E-state index contributed by atoms with van der Waals surface area (Å²) in [6, 6.07) is 9.20. The van der Waals surface area contributed by atoms with Gasteiger partial charge in [0, 0.05) is 5.56 Å². The largest absolute Gasteiger partial charge is 0.447 e. The number of hydrogen-bond acceptors (Lipinski definition) is 8. The molecule has 0 spiro atoms. The molecule has 3 rings (SSSR count). The normalized spacial score (nSPS) is 11.6. The molecule has 0 saturated carbocycles. The van der Waals surface area contributed by atoms with Gasteiger partial charge in [0.1, 0.15) is 24.1 Å². The smallest absolute Gasteiger partial charge is 0.278 e. The van der Waals surface area contributed by atoms with Gasteiger partial charge in [-0.25, -0.2) is 9.97 Å². The molecule has 2 aromatic heterocycles. The van der Waals surface area contributed by atoms with Crippen molar-refractivity contribution in [3.63, 3.8) is 0 Å². The summed E-state index contributed by atoms with van der Waals surface area (Å²) in [4.78, 5) is 20.6. The van der Waals surface area contributed by atoms with Gasteiger partial charge in [-0.1, -0.05) is 36.9 Å². The Hall–Kier alpha value is -3.72. The molecule has 150 valence electrons. The van der Waals surface area contributed by atoms with Gasteiger partial charge in [-0.15, -0.1) is 0 Å². The zero-order valence-corrected chi connectivity index (χ0v) is 16.0. The Morgan fingerprint density at radius 3 is 2.76 bits per heavy atom. The van der Waals surface area contributed by atoms with Gasteiger partial charge >= 0.3 is 0 Å². The van der Waals surface area contributed by atoms with Gasteiger partial charge < -0.3 is 24.7 Å². The molecule has 0 bridgehead atoms. The average molecular weight is 395 g/mol. The molecule has 29 heavy (non-hydrogen) atoms. The monoisotopic (exact) mass is 395 g/mol. The van der Waals surface area contributed by atoms with Crippen LogP contribution in [0.15, 0.2) is 69.2 Å². The maximum absolute atomic E-state index is 12.4. The molecule has 0 radical (unpaired) electrons. The lowest BCUT2D eigenvalue weighted by Crippen LogP contribution is -2.24. The van der Waals surface area contributed by atoms with E-state index in [1.54, 1.807) is 13.8 Å². The van der Waals surface area contributed by atoms with Gasteiger partial charge in [0.05, 0.1) is 11.9 Å². The Balaban J connectivity index is 1.53. The topological polar surface area (TPSA) is 126 Å². The Morgan fingerprint density at radius 2 is 2.07 bits per heavy atom. The molecule has 1 amide bonds. The molecule has 3 aromatic rings. The minimum atomic E-state index is -1.08. The average Bonchev–Trinajstić information content (AvgIpc) is 3.35. The molecule has 0 atom stereocenters. The maximum atomic E-state index is 12.4. The Kier molecular flexibility index (Phi) is 5.89. The van der Waals surface area contributed by atoms with E-state index in [9.17, 15) is 9.90 Å². The zero-order chi connectivity index (χ0) is 20.9. The fourth-order valence-corrected chi connectivity index (χ4v) is 2.35. The van der Waals surface area contributed by atoms with Crippen molar-refractivity contribution in [2.75, 3.05) is 0 Å². The number of oxazole rings is 2. The number of amides is 1. The number of aromatic nitrogens is 2. The van der Waals surface area contributed by atoms with E-state index < -0.39 is 11.5 Å². The van der Waals surface area contributed by atoms with Crippen LogP contribution in [0.1, 0.15) is 35.9 Å². The number of allylic oxidation sites excluding steroid dienone is 1. The highest BCUT2D eigenvalue weighted by Crippen LogP contribution is 2.22. The van der Waals surface area contributed by atoms with E-state index >= 15 is 0 Å². The lowest BCUT2D eigenvalue weighted by Gasteiger charge is -2.11. The number of rotatable bonds is 8. The highest BCUT2D eigenvalue weighted by atomic mass is 16.3. The molecule has 0 unspecified atom stereocenters. The van der Waals surface area contributed by atoms with Gasteiger partial charge in [-0.2, -0.15) is 5.10 Å². The van der Waals surface area contributed by atoms with E-state index in [1.165, 1.54) is 18.9 Å². The molecule has 2 heterocycles. The second kappa shape index (κ2) is 8.53. The Morgan fingerprint density at radius 1 is 1.31 bits per heavy atom. The summed E-state index contributed by atoms with van der Waals surface area (Å²) in [5, 5.41) is 16.4. The number of carbonyl (C=O) groups excluding carboxylic acids is 1. The molecule has 3 N–H and O–H groups in total. The van der Waals surface area contributed by atoms with Crippen molar-refractivity contribution in [2.45, 2.75) is 26.0 Å². The first-order valence-electron chi connectivity index (χ1n) is 8.77. The predicted octanol–water partition coefficient (Wildman–Crippen LogP) is 2.58. The molecule has 9 nitrogen and oxygen atoms in total. The second-order valence-corrected chi connectivity index (χ2v) is 6.65. The van der Waals surface area contributed by atoms with Gasteiger partial charge in [-0.05, 0) is 13.8 Å². The lowest BCUT2D eigenvalue weighted by atomic mass is 10.1. The number of hydrogen-bond donors (Lipinski definition) is 3. The molecule has 0 aliphatic rings. The molecule has 0 aliphatic carbocycles. The van der Waals surface area contributed by atoms with Gasteiger partial charge in [-0.3, -0.25) is 4.79 Å². The number of aliphatic hydroxyl groups is 1. The van der Waals surface area contributed by atoms with E-state index in [0.717, 1.165) is 5.56 Å². The maximum Gasteiger partial charge on any atom is 0.278 e. The Bertz CT molecular complexity index is 1010. The van der Waals surface area contributed by atoms with Crippen molar-refractivity contribution in [1.29, 1.82) is 0 Å². The van der Waals surface area contributed by atoms with Crippen LogP contribution in [0.4, 0.5) is 0 Å². The van der Waals surface area contributed by atoms with Crippen LogP contribution in [-0.4, -0.2) is 27.2 Å². The summed E-state index contributed by atoms with van der Waals surface area (Å²) in [6.45, 7) is 7.17. The summed E-state index contributed by atoms with van der Waals surface area (Å²) in [5.74, 6) is 0.276. The Labute approximate surface area is 167 Å². The molecule has 0 fully saturated rings. The van der Waals surface area contributed by atoms with Gasteiger partial charge in [0.2, 0.25) is 5.89 Å². The molecule has 0 saturated heterocycles. The van der Waals surface area contributed by atoms with E-state index in [1.807, 2.05) is 30.3 Å². The molecule has 1 aromatic carbocycles. The summed E-state index contributed by atoms with van der Waals surface area (Å²) in [5.41, 5.74) is 3.23. The van der Waals surface area contributed by atoms with Crippen LogP contribution in [0, 0.1) is 0 Å². The fraction of sp³-hybridized carbons (Fsp3) is 0.200. The number of hydrazone groups is 1. The quantitative estimate of drug-likeness (QED) is 0.395. The van der Waals surface area contributed by atoms with Gasteiger partial charge in [0.25, 0.3) is 5.91 Å². The highest BCUT2D eigenvalue weighted by Gasteiger charge is 2.20. The van der Waals surface area contributed by atoms with Crippen LogP contribution in [0.2, 0.25) is 0 Å². The van der Waals surface area contributed by atoms with Crippen LogP contribution in [0.25, 0.3) is 11.3 Å². The van der Waals surface area contributed by atoms with Crippen LogP contribution in [0.3, 0.4) is 0 Å². The van der Waals surface area contributed by atoms with Crippen LogP contribution >= 0.6 is 0 Å². The summed E-state index contributed by atoms with van der Waals surface area (Å²) >= 11 is 0. The van der Waals surface area contributed by atoms with Gasteiger partial charge in [0.15, 0.2) is 17.8 Å².